The SMILES string of the molecule is CC(C)CNCc1cc2c(c(C(F)(F)F)c1)CN(c1cccc([C@H](c3nncn3C)C3COC3)c1)C2=O. The molecule has 1 saturated heterocycles. The summed E-state index contributed by atoms with van der Waals surface area (Å²) in [6.07, 6.45) is -2.92. The fourth-order valence-electron chi connectivity index (χ4n) is 5.08. The standard InChI is InChI=1S/C27H30F3N5O2/c1-16(2)10-31-11-17-7-21-22(23(8-17)27(28,29)30)12-35(26(21)36)20-6-4-5-18(9-20)24(19-13-37-14-19)25-33-32-15-34(25)3/h4-9,15-16,19,24,31H,10-14H2,1-3H3/t24-/m0/s1. The van der Waals surface area contributed by atoms with Gasteiger partial charge in [0.05, 0.1) is 31.2 Å². The number of carbonyl (C=O) groups is 1. The van der Waals surface area contributed by atoms with E-state index >= 15 is 0 Å². The number of amides is 1. The molecule has 0 aliphatic carbocycles. The first-order valence-electron chi connectivity index (χ1n) is 12.4. The zero-order valence-electron chi connectivity index (χ0n) is 21.0. The molecule has 2 aliphatic rings. The average molecular weight is 514 g/mol. The number of hydrogen-bond acceptors (Lipinski definition) is 5. The molecular formula is C27H30F3N5O2. The Hall–Kier alpha value is -3.24. The number of aryl methyl sites for hydroxylation is 1. The highest BCUT2D eigenvalue weighted by molar-refractivity contribution is 6.10. The zero-order valence-corrected chi connectivity index (χ0v) is 21.0. The van der Waals surface area contributed by atoms with Crippen molar-refractivity contribution in [3.63, 3.8) is 0 Å². The van der Waals surface area contributed by atoms with Gasteiger partial charge in [0.1, 0.15) is 12.2 Å². The topological polar surface area (TPSA) is 72.3 Å². The summed E-state index contributed by atoms with van der Waals surface area (Å²) in [6.45, 7) is 6.02. The van der Waals surface area contributed by atoms with Gasteiger partial charge >= 0.3 is 6.18 Å². The van der Waals surface area contributed by atoms with E-state index < -0.39 is 17.6 Å². The summed E-state index contributed by atoms with van der Waals surface area (Å²) in [6, 6.07) is 10.2. The van der Waals surface area contributed by atoms with Crippen LogP contribution in [-0.2, 0) is 31.1 Å². The largest absolute Gasteiger partial charge is 0.416 e. The number of ether oxygens (including phenoxy) is 1. The van der Waals surface area contributed by atoms with Crippen LogP contribution in [0.25, 0.3) is 0 Å². The zero-order chi connectivity index (χ0) is 26.3. The van der Waals surface area contributed by atoms with Crippen molar-refractivity contribution >= 4 is 11.6 Å². The molecule has 1 aromatic heterocycles. The van der Waals surface area contributed by atoms with Crippen LogP contribution in [0.3, 0.4) is 0 Å². The van der Waals surface area contributed by atoms with Crippen molar-refractivity contribution in [1.82, 2.24) is 20.1 Å². The first-order valence-corrected chi connectivity index (χ1v) is 12.4. The van der Waals surface area contributed by atoms with Gasteiger partial charge in [-0.15, -0.1) is 10.2 Å². The van der Waals surface area contributed by atoms with Crippen LogP contribution in [0.4, 0.5) is 18.9 Å². The molecule has 1 fully saturated rings. The van der Waals surface area contributed by atoms with Crippen LogP contribution in [0.1, 0.15) is 58.2 Å². The van der Waals surface area contributed by atoms with E-state index in [2.05, 4.69) is 15.5 Å². The molecule has 2 aliphatic heterocycles. The van der Waals surface area contributed by atoms with Crippen LogP contribution in [0, 0.1) is 11.8 Å². The smallest absolute Gasteiger partial charge is 0.381 e. The normalized spacial score (nSPS) is 16.8. The van der Waals surface area contributed by atoms with Gasteiger partial charge in [-0.3, -0.25) is 4.79 Å². The van der Waals surface area contributed by atoms with Gasteiger partial charge in [0.2, 0.25) is 0 Å². The molecule has 0 radical (unpaired) electrons. The predicted molar refractivity (Wildman–Crippen MR) is 132 cm³/mol. The van der Waals surface area contributed by atoms with E-state index in [1.165, 1.54) is 11.0 Å². The predicted octanol–water partition coefficient (Wildman–Crippen LogP) is 4.52. The lowest BCUT2D eigenvalue weighted by molar-refractivity contribution is -0.138. The molecule has 2 aromatic carbocycles. The average Bonchev–Trinajstić information content (AvgIpc) is 3.38. The third-order valence-corrected chi connectivity index (χ3v) is 6.99. The van der Waals surface area contributed by atoms with Gasteiger partial charge in [-0.25, -0.2) is 0 Å². The number of nitrogens with zero attached hydrogens (tertiary/aromatic N) is 4. The summed E-state index contributed by atoms with van der Waals surface area (Å²) < 4.78 is 49.4. The molecule has 0 saturated carbocycles. The first-order chi connectivity index (χ1) is 17.6. The Bertz CT molecular complexity index is 1300. The van der Waals surface area contributed by atoms with Crippen molar-refractivity contribution < 1.29 is 22.7 Å². The van der Waals surface area contributed by atoms with Gasteiger partial charge < -0.3 is 19.5 Å². The Labute approximate surface area is 213 Å². The molecule has 5 rings (SSSR count). The van der Waals surface area contributed by atoms with Gasteiger partial charge in [0, 0.05) is 30.8 Å². The van der Waals surface area contributed by atoms with Crippen molar-refractivity contribution in [2.75, 3.05) is 24.7 Å². The second kappa shape index (κ2) is 9.90. The van der Waals surface area contributed by atoms with Gasteiger partial charge in [0.15, 0.2) is 0 Å². The fraction of sp³-hybridized carbons (Fsp3) is 0.444. The molecule has 1 N–H and O–H groups in total. The molecule has 0 bridgehead atoms. The minimum atomic E-state index is -4.56. The number of halogens is 3. The summed E-state index contributed by atoms with van der Waals surface area (Å²) in [5, 5.41) is 11.5. The van der Waals surface area contributed by atoms with E-state index in [0.29, 0.717) is 36.9 Å². The summed E-state index contributed by atoms with van der Waals surface area (Å²) in [5.74, 6) is 0.802. The van der Waals surface area contributed by atoms with Crippen LogP contribution in [-0.4, -0.2) is 40.4 Å². The molecule has 196 valence electrons. The molecular weight excluding hydrogens is 483 g/mol. The Kier molecular flexibility index (Phi) is 6.80. The molecule has 3 heterocycles. The fourth-order valence-corrected chi connectivity index (χ4v) is 5.08. The maximum absolute atomic E-state index is 14.1. The maximum atomic E-state index is 14.1. The highest BCUT2D eigenvalue weighted by Crippen LogP contribution is 2.41. The lowest BCUT2D eigenvalue weighted by Gasteiger charge is -2.33. The second-order valence-corrected chi connectivity index (χ2v) is 10.3. The number of nitrogens with one attached hydrogen (secondary N) is 1. The lowest BCUT2D eigenvalue weighted by atomic mass is 9.83. The van der Waals surface area contributed by atoms with Crippen LogP contribution >= 0.6 is 0 Å². The molecule has 10 heteroatoms. The number of rotatable bonds is 8. The van der Waals surface area contributed by atoms with Gasteiger partial charge in [-0.05, 0) is 53.4 Å². The van der Waals surface area contributed by atoms with Crippen LogP contribution < -0.4 is 10.2 Å². The molecule has 37 heavy (non-hydrogen) atoms. The van der Waals surface area contributed by atoms with Crippen LogP contribution in [0.15, 0.2) is 42.7 Å². The Morgan fingerprint density at radius 2 is 1.97 bits per heavy atom. The van der Waals surface area contributed by atoms with Crippen molar-refractivity contribution in [1.29, 1.82) is 0 Å². The number of anilines is 1. The Balaban J connectivity index is 1.48. The monoisotopic (exact) mass is 513 g/mol. The van der Waals surface area contributed by atoms with Gasteiger partial charge in [-0.1, -0.05) is 26.0 Å². The third-order valence-electron chi connectivity index (χ3n) is 6.99. The molecule has 1 amide bonds. The summed E-state index contributed by atoms with van der Waals surface area (Å²) >= 11 is 0. The Morgan fingerprint density at radius 1 is 1.19 bits per heavy atom. The van der Waals surface area contributed by atoms with E-state index in [9.17, 15) is 18.0 Å². The highest BCUT2D eigenvalue weighted by atomic mass is 19.4. The number of aromatic nitrogens is 3. The summed E-state index contributed by atoms with van der Waals surface area (Å²) in [4.78, 5) is 14.9. The van der Waals surface area contributed by atoms with Gasteiger partial charge in [0.25, 0.3) is 5.91 Å². The van der Waals surface area contributed by atoms with E-state index in [0.717, 1.165) is 11.4 Å². The van der Waals surface area contributed by atoms with Crippen molar-refractivity contribution in [2.45, 2.75) is 39.0 Å². The van der Waals surface area contributed by atoms with Crippen LogP contribution in [0.2, 0.25) is 0 Å². The summed E-state index contributed by atoms with van der Waals surface area (Å²) in [7, 11) is 1.87. The van der Waals surface area contributed by atoms with Crippen molar-refractivity contribution in [3.05, 3.63) is 76.4 Å². The number of alkyl halides is 3. The van der Waals surface area contributed by atoms with Crippen molar-refractivity contribution in [3.8, 4) is 0 Å². The highest BCUT2D eigenvalue weighted by Gasteiger charge is 2.41. The van der Waals surface area contributed by atoms with E-state index in [-0.39, 0.29) is 36.1 Å². The number of carbonyl (C=O) groups excluding carboxylic acids is 1. The van der Waals surface area contributed by atoms with Crippen molar-refractivity contribution in [2.24, 2.45) is 18.9 Å². The minimum absolute atomic E-state index is 0.0211. The number of fused-ring (bicyclic) bond motifs is 1. The molecule has 7 nitrogen and oxygen atoms in total. The number of hydrogen-bond donors (Lipinski definition) is 1. The number of benzene rings is 2. The third kappa shape index (κ3) is 5.00. The van der Waals surface area contributed by atoms with Gasteiger partial charge in [-0.2, -0.15) is 13.2 Å². The minimum Gasteiger partial charge on any atom is -0.381 e. The molecule has 1 atom stereocenters. The lowest BCUT2D eigenvalue weighted by Crippen LogP contribution is -2.35. The Morgan fingerprint density at radius 3 is 2.59 bits per heavy atom. The molecule has 0 spiro atoms. The van der Waals surface area contributed by atoms with E-state index in [4.69, 9.17) is 4.74 Å². The van der Waals surface area contributed by atoms with E-state index in [1.54, 1.807) is 18.5 Å². The second-order valence-electron chi connectivity index (χ2n) is 10.3. The molecule has 3 aromatic rings. The van der Waals surface area contributed by atoms with E-state index in [1.807, 2.05) is 43.7 Å². The first kappa shape index (κ1) is 25.4. The van der Waals surface area contributed by atoms with Crippen LogP contribution in [0.5, 0.6) is 0 Å². The quantitative estimate of drug-likeness (QED) is 0.480. The summed E-state index contributed by atoms with van der Waals surface area (Å²) in [5.41, 5.74) is 1.30. The maximum Gasteiger partial charge on any atom is 0.416 e. The molecule has 0 unspecified atom stereocenters.